The molecule has 3 rings (SSSR count). The lowest BCUT2D eigenvalue weighted by atomic mass is 10.1. The maximum atomic E-state index is 12.5. The van der Waals surface area contributed by atoms with Crippen molar-refractivity contribution in [2.24, 2.45) is 5.92 Å². The second-order valence-electron chi connectivity index (χ2n) is 5.86. The monoisotopic (exact) mass is 317 g/mol. The summed E-state index contributed by atoms with van der Waals surface area (Å²) in [5.41, 5.74) is 1.16. The van der Waals surface area contributed by atoms with Crippen LogP contribution in [0.15, 0.2) is 24.3 Å². The molecule has 7 heteroatoms. The highest BCUT2D eigenvalue weighted by atomic mass is 16.4. The summed E-state index contributed by atoms with van der Waals surface area (Å²) in [7, 11) is 0. The van der Waals surface area contributed by atoms with E-state index >= 15 is 0 Å². The van der Waals surface area contributed by atoms with E-state index in [1.54, 1.807) is 34.1 Å². The molecule has 0 aliphatic carbocycles. The fraction of sp³-hybridized carbons (Fsp3) is 0.438. The van der Waals surface area contributed by atoms with Crippen LogP contribution in [0.5, 0.6) is 0 Å². The van der Waals surface area contributed by atoms with Crippen molar-refractivity contribution >= 4 is 23.6 Å². The lowest BCUT2D eigenvalue weighted by Crippen LogP contribution is -2.46. The molecule has 0 aromatic heterocycles. The summed E-state index contributed by atoms with van der Waals surface area (Å²) in [6, 6.07) is 6.78. The Balaban J connectivity index is 1.76. The summed E-state index contributed by atoms with van der Waals surface area (Å²) >= 11 is 0. The van der Waals surface area contributed by atoms with Gasteiger partial charge in [0.15, 0.2) is 0 Å². The van der Waals surface area contributed by atoms with Crippen LogP contribution in [0.4, 0.5) is 10.5 Å². The van der Waals surface area contributed by atoms with E-state index in [0.29, 0.717) is 37.3 Å². The van der Waals surface area contributed by atoms with Gasteiger partial charge in [0.05, 0.1) is 5.92 Å². The van der Waals surface area contributed by atoms with Crippen LogP contribution >= 0.6 is 0 Å². The third-order valence-electron chi connectivity index (χ3n) is 4.31. The highest BCUT2D eigenvalue weighted by Crippen LogP contribution is 2.22. The molecule has 2 saturated heterocycles. The van der Waals surface area contributed by atoms with Gasteiger partial charge in [-0.05, 0) is 31.0 Å². The molecule has 1 atom stereocenters. The van der Waals surface area contributed by atoms with Crippen LogP contribution < -0.4 is 10.2 Å². The zero-order valence-corrected chi connectivity index (χ0v) is 12.7. The van der Waals surface area contributed by atoms with Gasteiger partial charge in [0.25, 0.3) is 5.91 Å². The number of nitrogens with zero attached hydrogens (tertiary/aromatic N) is 2. The van der Waals surface area contributed by atoms with Gasteiger partial charge in [-0.15, -0.1) is 0 Å². The predicted octanol–water partition coefficient (Wildman–Crippen LogP) is 1.15. The second kappa shape index (κ2) is 6.28. The number of hydrogen-bond donors (Lipinski definition) is 2. The maximum absolute atomic E-state index is 12.5. The molecule has 2 aliphatic rings. The van der Waals surface area contributed by atoms with Crippen molar-refractivity contribution in [1.82, 2.24) is 10.2 Å². The molecule has 2 heterocycles. The van der Waals surface area contributed by atoms with Crippen LogP contribution in [-0.4, -0.2) is 54.1 Å². The lowest BCUT2D eigenvalue weighted by molar-refractivity contribution is -0.141. The molecule has 1 aromatic carbocycles. The zero-order chi connectivity index (χ0) is 16.4. The zero-order valence-electron chi connectivity index (χ0n) is 12.7. The number of hydrogen-bond acceptors (Lipinski definition) is 3. The van der Waals surface area contributed by atoms with Gasteiger partial charge in [0.1, 0.15) is 0 Å². The smallest absolute Gasteiger partial charge is 0.321 e. The van der Waals surface area contributed by atoms with Gasteiger partial charge in [-0.3, -0.25) is 14.5 Å². The summed E-state index contributed by atoms with van der Waals surface area (Å²) in [5.74, 6) is -1.54. The molecular formula is C16H19N3O4. The summed E-state index contributed by atoms with van der Waals surface area (Å²) in [5, 5.41) is 11.8. The predicted molar refractivity (Wildman–Crippen MR) is 83.5 cm³/mol. The Kier molecular flexibility index (Phi) is 4.18. The van der Waals surface area contributed by atoms with Crippen LogP contribution in [0.3, 0.4) is 0 Å². The molecule has 0 radical (unpaired) electrons. The number of anilines is 1. The van der Waals surface area contributed by atoms with Crippen molar-refractivity contribution < 1.29 is 19.5 Å². The van der Waals surface area contributed by atoms with Crippen molar-refractivity contribution in [3.05, 3.63) is 29.8 Å². The van der Waals surface area contributed by atoms with E-state index in [1.165, 1.54) is 0 Å². The summed E-state index contributed by atoms with van der Waals surface area (Å²) < 4.78 is 0. The molecule has 0 saturated carbocycles. The molecule has 0 unspecified atom stereocenters. The van der Waals surface area contributed by atoms with Crippen LogP contribution in [0.1, 0.15) is 23.2 Å². The molecule has 3 amide bonds. The van der Waals surface area contributed by atoms with Gasteiger partial charge in [-0.1, -0.05) is 6.07 Å². The summed E-state index contributed by atoms with van der Waals surface area (Å²) in [4.78, 5) is 38.6. The molecule has 1 aromatic rings. The number of carboxylic acids is 1. The number of rotatable bonds is 3. The van der Waals surface area contributed by atoms with E-state index in [1.807, 2.05) is 0 Å². The normalized spacial score (nSPS) is 21.2. The maximum Gasteiger partial charge on any atom is 0.321 e. The highest BCUT2D eigenvalue weighted by molar-refractivity contribution is 5.98. The van der Waals surface area contributed by atoms with Gasteiger partial charge in [-0.25, -0.2) is 4.79 Å². The first kappa shape index (κ1) is 15.3. The Hall–Kier alpha value is -2.57. The average Bonchev–Trinajstić information content (AvgIpc) is 3.05. The van der Waals surface area contributed by atoms with E-state index < -0.39 is 11.9 Å². The number of carbonyl (C=O) groups excluding carboxylic acids is 2. The SMILES string of the molecule is O=C(O)[C@@H]1CCN(C(=O)c2cccc(N3CCCNC3=O)c2)C1. The minimum Gasteiger partial charge on any atom is -0.481 e. The highest BCUT2D eigenvalue weighted by Gasteiger charge is 2.31. The molecule has 2 fully saturated rings. The Morgan fingerprint density at radius 3 is 2.78 bits per heavy atom. The van der Waals surface area contributed by atoms with E-state index in [-0.39, 0.29) is 18.5 Å². The molecule has 7 nitrogen and oxygen atoms in total. The minimum absolute atomic E-state index is 0.159. The van der Waals surface area contributed by atoms with E-state index in [0.717, 1.165) is 6.42 Å². The van der Waals surface area contributed by atoms with E-state index in [9.17, 15) is 14.4 Å². The van der Waals surface area contributed by atoms with Gasteiger partial charge in [0.2, 0.25) is 0 Å². The topological polar surface area (TPSA) is 89.9 Å². The standard InChI is InChI=1S/C16H19N3O4/c20-14(18-8-5-12(10-18)15(21)22)11-3-1-4-13(9-11)19-7-2-6-17-16(19)23/h1,3-4,9,12H,2,5-8,10H2,(H,17,23)(H,21,22)/t12-/m1/s1. The Bertz CT molecular complexity index is 646. The Labute approximate surface area is 133 Å². The molecule has 2 aliphatic heterocycles. The fourth-order valence-corrected chi connectivity index (χ4v) is 3.01. The van der Waals surface area contributed by atoms with Gasteiger partial charge in [-0.2, -0.15) is 0 Å². The van der Waals surface area contributed by atoms with Gasteiger partial charge in [0, 0.05) is 37.4 Å². The lowest BCUT2D eigenvalue weighted by Gasteiger charge is -2.28. The third kappa shape index (κ3) is 3.13. The first-order valence-electron chi connectivity index (χ1n) is 7.74. The van der Waals surface area contributed by atoms with E-state index in [4.69, 9.17) is 5.11 Å². The number of aliphatic carboxylic acids is 1. The molecular weight excluding hydrogens is 298 g/mol. The number of carbonyl (C=O) groups is 3. The minimum atomic E-state index is -0.862. The van der Waals surface area contributed by atoms with Crippen molar-refractivity contribution in [3.8, 4) is 0 Å². The molecule has 122 valence electrons. The van der Waals surface area contributed by atoms with Crippen molar-refractivity contribution in [3.63, 3.8) is 0 Å². The Morgan fingerprint density at radius 1 is 1.26 bits per heavy atom. The van der Waals surface area contributed by atoms with Crippen LogP contribution in [0.2, 0.25) is 0 Å². The number of nitrogens with one attached hydrogen (secondary N) is 1. The number of likely N-dealkylation sites (tertiary alicyclic amines) is 1. The molecule has 2 N–H and O–H groups in total. The van der Waals surface area contributed by atoms with Gasteiger partial charge < -0.3 is 15.3 Å². The van der Waals surface area contributed by atoms with E-state index in [2.05, 4.69) is 5.32 Å². The largest absolute Gasteiger partial charge is 0.481 e. The third-order valence-corrected chi connectivity index (χ3v) is 4.31. The first-order valence-corrected chi connectivity index (χ1v) is 7.74. The fourth-order valence-electron chi connectivity index (χ4n) is 3.01. The second-order valence-corrected chi connectivity index (χ2v) is 5.86. The molecule has 23 heavy (non-hydrogen) atoms. The number of amides is 3. The first-order chi connectivity index (χ1) is 11.1. The van der Waals surface area contributed by atoms with Crippen LogP contribution in [0, 0.1) is 5.92 Å². The summed E-state index contributed by atoms with van der Waals surface area (Å²) in [6.45, 7) is 1.97. The van der Waals surface area contributed by atoms with Crippen molar-refractivity contribution in [2.45, 2.75) is 12.8 Å². The summed E-state index contributed by atoms with van der Waals surface area (Å²) in [6.07, 6.45) is 1.34. The molecule has 0 spiro atoms. The average molecular weight is 317 g/mol. The van der Waals surface area contributed by atoms with Crippen molar-refractivity contribution in [1.29, 1.82) is 0 Å². The number of urea groups is 1. The van der Waals surface area contributed by atoms with Crippen LogP contribution in [0.25, 0.3) is 0 Å². The quantitative estimate of drug-likeness (QED) is 0.875. The van der Waals surface area contributed by atoms with Gasteiger partial charge >= 0.3 is 12.0 Å². The molecule has 0 bridgehead atoms. The van der Waals surface area contributed by atoms with Crippen LogP contribution in [-0.2, 0) is 4.79 Å². The number of benzene rings is 1. The number of carboxylic acid groups (broad SMARTS) is 1. The van der Waals surface area contributed by atoms with Crippen molar-refractivity contribution in [2.75, 3.05) is 31.1 Å². The Morgan fingerprint density at radius 2 is 2.09 bits per heavy atom.